The third-order valence-electron chi connectivity index (χ3n) is 3.40. The van der Waals surface area contributed by atoms with Crippen LogP contribution in [0.5, 0.6) is 5.75 Å². The van der Waals surface area contributed by atoms with Crippen LogP contribution in [0.3, 0.4) is 0 Å². The second kappa shape index (κ2) is 8.98. The smallest absolute Gasteiger partial charge is 0.122 e. The minimum Gasteiger partial charge on any atom is -0.493 e. The average molecular weight is 263 g/mol. The Morgan fingerprint density at radius 3 is 2.58 bits per heavy atom. The monoisotopic (exact) mass is 263 g/mol. The van der Waals surface area contributed by atoms with Crippen LogP contribution < -0.4 is 10.1 Å². The van der Waals surface area contributed by atoms with Crippen LogP contribution in [0.25, 0.3) is 0 Å². The molecule has 0 radical (unpaired) electrons. The van der Waals surface area contributed by atoms with Crippen molar-refractivity contribution in [2.45, 2.75) is 59.4 Å². The Morgan fingerprint density at radius 1 is 1.16 bits per heavy atom. The topological polar surface area (TPSA) is 21.3 Å². The number of hydrogen-bond acceptors (Lipinski definition) is 2. The van der Waals surface area contributed by atoms with Crippen molar-refractivity contribution in [3.63, 3.8) is 0 Å². The molecule has 1 unspecified atom stereocenters. The second-order valence-electron chi connectivity index (χ2n) is 5.26. The molecule has 108 valence electrons. The van der Waals surface area contributed by atoms with E-state index in [1.54, 1.807) is 0 Å². The van der Waals surface area contributed by atoms with E-state index >= 15 is 0 Å². The van der Waals surface area contributed by atoms with E-state index in [4.69, 9.17) is 4.74 Å². The molecule has 0 saturated heterocycles. The lowest BCUT2D eigenvalue weighted by Gasteiger charge is -2.16. The Labute approximate surface area is 118 Å². The van der Waals surface area contributed by atoms with Crippen molar-refractivity contribution in [1.29, 1.82) is 0 Å². The molecule has 2 nitrogen and oxygen atoms in total. The van der Waals surface area contributed by atoms with Crippen molar-refractivity contribution >= 4 is 0 Å². The minimum atomic E-state index is 0.410. The molecule has 0 aliphatic heterocycles. The Balaban J connectivity index is 2.53. The van der Waals surface area contributed by atoms with Gasteiger partial charge in [-0.1, -0.05) is 38.8 Å². The lowest BCUT2D eigenvalue weighted by atomic mass is 10.0. The molecule has 0 aliphatic carbocycles. The van der Waals surface area contributed by atoms with Crippen LogP contribution in [0.1, 0.15) is 63.6 Å². The summed E-state index contributed by atoms with van der Waals surface area (Å²) in [5, 5.41) is 3.51. The fourth-order valence-electron chi connectivity index (χ4n) is 2.12. The maximum absolute atomic E-state index is 5.83. The predicted molar refractivity (Wildman–Crippen MR) is 82.9 cm³/mol. The third-order valence-corrected chi connectivity index (χ3v) is 3.40. The molecule has 1 aromatic rings. The zero-order chi connectivity index (χ0) is 14.1. The van der Waals surface area contributed by atoms with Gasteiger partial charge in [0.2, 0.25) is 0 Å². The van der Waals surface area contributed by atoms with Crippen molar-refractivity contribution in [1.82, 2.24) is 5.32 Å². The van der Waals surface area contributed by atoms with Gasteiger partial charge in [0, 0.05) is 6.04 Å². The predicted octanol–water partition coefficient (Wildman–Crippen LogP) is 4.62. The molecular weight excluding hydrogens is 234 g/mol. The summed E-state index contributed by atoms with van der Waals surface area (Å²) in [6.45, 7) is 10.6. The van der Waals surface area contributed by atoms with Crippen LogP contribution in [0.4, 0.5) is 0 Å². The van der Waals surface area contributed by atoms with Crippen molar-refractivity contribution in [2.24, 2.45) is 0 Å². The first-order chi connectivity index (χ1) is 9.19. The van der Waals surface area contributed by atoms with Crippen LogP contribution in [0.2, 0.25) is 0 Å². The first kappa shape index (κ1) is 16.0. The third kappa shape index (κ3) is 5.65. The average Bonchev–Trinajstić information content (AvgIpc) is 2.42. The highest BCUT2D eigenvalue weighted by Crippen LogP contribution is 2.23. The Bertz CT molecular complexity index is 362. The summed E-state index contributed by atoms with van der Waals surface area (Å²) in [7, 11) is 0. The summed E-state index contributed by atoms with van der Waals surface area (Å²) in [6.07, 6.45) is 4.80. The summed E-state index contributed by atoms with van der Waals surface area (Å²) in [5.74, 6) is 1.03. The highest BCUT2D eigenvalue weighted by molar-refractivity contribution is 5.37. The first-order valence-electron chi connectivity index (χ1n) is 7.65. The lowest BCUT2D eigenvalue weighted by Crippen LogP contribution is -2.19. The molecule has 0 amide bonds. The Hall–Kier alpha value is -1.02. The number of nitrogens with one attached hydrogen (secondary N) is 1. The number of hydrogen-bond donors (Lipinski definition) is 1. The van der Waals surface area contributed by atoms with Gasteiger partial charge >= 0.3 is 0 Å². The van der Waals surface area contributed by atoms with Gasteiger partial charge in [-0.05, 0) is 50.4 Å². The molecule has 0 bridgehead atoms. The molecule has 1 rings (SSSR count). The first-order valence-corrected chi connectivity index (χ1v) is 7.65. The van der Waals surface area contributed by atoms with E-state index in [1.165, 1.54) is 30.4 Å². The van der Waals surface area contributed by atoms with Crippen LogP contribution in [0, 0.1) is 6.92 Å². The van der Waals surface area contributed by atoms with E-state index in [2.05, 4.69) is 51.2 Å². The van der Waals surface area contributed by atoms with Crippen LogP contribution in [-0.4, -0.2) is 13.2 Å². The molecule has 1 N–H and O–H groups in total. The van der Waals surface area contributed by atoms with Crippen molar-refractivity contribution in [2.75, 3.05) is 13.2 Å². The van der Waals surface area contributed by atoms with Crippen molar-refractivity contribution in [3.05, 3.63) is 29.3 Å². The maximum Gasteiger partial charge on any atom is 0.122 e. The normalized spacial score (nSPS) is 12.4. The van der Waals surface area contributed by atoms with E-state index in [0.29, 0.717) is 6.04 Å². The molecular formula is C17H29NO. The fourth-order valence-corrected chi connectivity index (χ4v) is 2.12. The van der Waals surface area contributed by atoms with Gasteiger partial charge in [0.05, 0.1) is 6.61 Å². The van der Waals surface area contributed by atoms with Gasteiger partial charge in [-0.3, -0.25) is 0 Å². The molecule has 1 atom stereocenters. The molecule has 1 aromatic carbocycles. The largest absolute Gasteiger partial charge is 0.493 e. The van der Waals surface area contributed by atoms with E-state index in [1.807, 2.05) is 0 Å². The van der Waals surface area contributed by atoms with Gasteiger partial charge in [0.25, 0.3) is 0 Å². The zero-order valence-corrected chi connectivity index (χ0v) is 13.0. The molecule has 0 aliphatic rings. The van der Waals surface area contributed by atoms with E-state index < -0.39 is 0 Å². The quantitative estimate of drug-likeness (QED) is 0.656. The maximum atomic E-state index is 5.83. The summed E-state index contributed by atoms with van der Waals surface area (Å²) in [6, 6.07) is 6.94. The summed E-state index contributed by atoms with van der Waals surface area (Å²) in [4.78, 5) is 0. The van der Waals surface area contributed by atoms with Crippen LogP contribution in [0.15, 0.2) is 18.2 Å². The van der Waals surface area contributed by atoms with Gasteiger partial charge in [0.15, 0.2) is 0 Å². The van der Waals surface area contributed by atoms with Gasteiger partial charge < -0.3 is 10.1 Å². The Morgan fingerprint density at radius 2 is 1.95 bits per heavy atom. The SMILES string of the molecule is CCCCCOc1ccc(C(C)NCCC)cc1C. The minimum absolute atomic E-state index is 0.410. The molecule has 0 aromatic heterocycles. The van der Waals surface area contributed by atoms with Crippen molar-refractivity contribution < 1.29 is 4.74 Å². The fraction of sp³-hybridized carbons (Fsp3) is 0.647. The standard InChI is InChI=1S/C17H29NO/c1-5-7-8-12-19-17-10-9-16(13-14(17)3)15(4)18-11-6-2/h9-10,13,15,18H,5-8,11-12H2,1-4H3. The van der Waals surface area contributed by atoms with Gasteiger partial charge in [-0.25, -0.2) is 0 Å². The number of unbranched alkanes of at least 4 members (excludes halogenated alkanes) is 2. The summed E-state index contributed by atoms with van der Waals surface area (Å²) >= 11 is 0. The lowest BCUT2D eigenvalue weighted by molar-refractivity contribution is 0.304. The molecule has 0 saturated carbocycles. The molecule has 19 heavy (non-hydrogen) atoms. The molecule has 0 heterocycles. The molecule has 0 fully saturated rings. The Kier molecular flexibility index (Phi) is 7.57. The highest BCUT2D eigenvalue weighted by Gasteiger charge is 2.07. The van der Waals surface area contributed by atoms with E-state index in [0.717, 1.165) is 25.3 Å². The van der Waals surface area contributed by atoms with E-state index in [9.17, 15) is 0 Å². The highest BCUT2D eigenvalue weighted by atomic mass is 16.5. The molecule has 2 heteroatoms. The summed E-state index contributed by atoms with van der Waals surface area (Å²) < 4.78 is 5.83. The number of ether oxygens (including phenoxy) is 1. The number of benzene rings is 1. The van der Waals surface area contributed by atoms with Crippen LogP contribution >= 0.6 is 0 Å². The zero-order valence-electron chi connectivity index (χ0n) is 13.0. The number of aryl methyl sites for hydroxylation is 1. The van der Waals surface area contributed by atoms with Crippen molar-refractivity contribution in [3.8, 4) is 5.75 Å². The summed E-state index contributed by atoms with van der Waals surface area (Å²) in [5.41, 5.74) is 2.58. The van der Waals surface area contributed by atoms with E-state index in [-0.39, 0.29) is 0 Å². The van der Waals surface area contributed by atoms with Gasteiger partial charge in [-0.15, -0.1) is 0 Å². The molecule has 0 spiro atoms. The second-order valence-corrected chi connectivity index (χ2v) is 5.26. The number of rotatable bonds is 9. The van der Waals surface area contributed by atoms with Crippen LogP contribution in [-0.2, 0) is 0 Å². The van der Waals surface area contributed by atoms with Gasteiger partial charge in [-0.2, -0.15) is 0 Å². The van der Waals surface area contributed by atoms with Gasteiger partial charge in [0.1, 0.15) is 5.75 Å².